The van der Waals surface area contributed by atoms with Gasteiger partial charge in [0, 0.05) is 31.7 Å². The number of alkyl halides is 3. The summed E-state index contributed by atoms with van der Waals surface area (Å²) >= 11 is 1.54. The van der Waals surface area contributed by atoms with Crippen molar-refractivity contribution in [2.24, 2.45) is 0 Å². The molecular formula is C20H17F3N4O2S. The summed E-state index contributed by atoms with van der Waals surface area (Å²) < 4.78 is 38.0. The van der Waals surface area contributed by atoms with Crippen LogP contribution in [0.3, 0.4) is 0 Å². The van der Waals surface area contributed by atoms with Crippen LogP contribution >= 0.6 is 11.3 Å². The number of amides is 2. The summed E-state index contributed by atoms with van der Waals surface area (Å²) in [7, 11) is 0. The molecule has 3 aromatic rings. The minimum absolute atomic E-state index is 0.190. The summed E-state index contributed by atoms with van der Waals surface area (Å²) in [6, 6.07) is 9.70. The molecule has 1 fully saturated rings. The van der Waals surface area contributed by atoms with Crippen LogP contribution in [0.1, 0.15) is 26.4 Å². The lowest BCUT2D eigenvalue weighted by molar-refractivity contribution is -0.137. The Hall–Kier alpha value is -3.14. The molecule has 10 heteroatoms. The molecule has 4 rings (SSSR count). The van der Waals surface area contributed by atoms with Crippen LogP contribution in [-0.4, -0.2) is 58.0 Å². The van der Waals surface area contributed by atoms with Gasteiger partial charge in [-0.1, -0.05) is 6.07 Å². The first-order chi connectivity index (χ1) is 14.3. The van der Waals surface area contributed by atoms with E-state index in [1.807, 2.05) is 17.5 Å². The number of piperazine rings is 1. The van der Waals surface area contributed by atoms with Crippen molar-refractivity contribution in [3.05, 3.63) is 64.7 Å². The normalized spacial score (nSPS) is 14.8. The van der Waals surface area contributed by atoms with Gasteiger partial charge in [0.1, 0.15) is 0 Å². The quantitative estimate of drug-likeness (QED) is 0.683. The van der Waals surface area contributed by atoms with Gasteiger partial charge in [0.05, 0.1) is 16.1 Å². The Morgan fingerprint density at radius 2 is 1.60 bits per heavy atom. The third kappa shape index (κ3) is 4.09. The van der Waals surface area contributed by atoms with Gasteiger partial charge in [-0.15, -0.1) is 11.3 Å². The Balaban J connectivity index is 1.36. The van der Waals surface area contributed by atoms with Gasteiger partial charge in [0.25, 0.3) is 11.8 Å². The molecule has 156 valence electrons. The van der Waals surface area contributed by atoms with Crippen molar-refractivity contribution in [2.45, 2.75) is 6.18 Å². The summed E-state index contributed by atoms with van der Waals surface area (Å²) in [5.41, 5.74) is 0.469. The number of carbonyl (C=O) groups excluding carboxylic acids is 2. The fourth-order valence-electron chi connectivity index (χ4n) is 3.25. The maximum absolute atomic E-state index is 12.7. The number of nitrogens with one attached hydrogen (secondary N) is 1. The van der Waals surface area contributed by atoms with Gasteiger partial charge in [-0.25, -0.2) is 0 Å². The molecule has 0 bridgehead atoms. The van der Waals surface area contributed by atoms with Crippen LogP contribution in [0.15, 0.2) is 47.8 Å². The average Bonchev–Trinajstić information content (AvgIpc) is 3.44. The van der Waals surface area contributed by atoms with Crippen LogP contribution in [0.4, 0.5) is 13.2 Å². The number of aromatic amines is 1. The fraction of sp³-hybridized carbons (Fsp3) is 0.250. The lowest BCUT2D eigenvalue weighted by Crippen LogP contribution is -2.50. The summed E-state index contributed by atoms with van der Waals surface area (Å²) in [6.45, 7) is 1.25. The molecule has 1 saturated heterocycles. The number of benzene rings is 1. The van der Waals surface area contributed by atoms with Gasteiger partial charge in [-0.2, -0.15) is 18.3 Å². The van der Waals surface area contributed by atoms with E-state index in [1.165, 1.54) is 28.4 Å². The Morgan fingerprint density at radius 1 is 0.967 bits per heavy atom. The maximum Gasteiger partial charge on any atom is 0.416 e. The van der Waals surface area contributed by atoms with E-state index in [9.17, 15) is 22.8 Å². The minimum atomic E-state index is -4.44. The van der Waals surface area contributed by atoms with Crippen molar-refractivity contribution in [3.8, 4) is 10.6 Å². The summed E-state index contributed by atoms with van der Waals surface area (Å²) in [5, 5.41) is 8.89. The van der Waals surface area contributed by atoms with E-state index in [0.717, 1.165) is 22.7 Å². The average molecular weight is 434 g/mol. The first-order valence-electron chi connectivity index (χ1n) is 9.18. The summed E-state index contributed by atoms with van der Waals surface area (Å²) in [5.74, 6) is -0.578. The first kappa shape index (κ1) is 20.1. The lowest BCUT2D eigenvalue weighted by atomic mass is 10.1. The molecule has 0 spiro atoms. The van der Waals surface area contributed by atoms with Gasteiger partial charge in [0.2, 0.25) is 0 Å². The molecule has 6 nitrogen and oxygen atoms in total. The molecule has 0 atom stereocenters. The van der Waals surface area contributed by atoms with Crippen LogP contribution in [0.25, 0.3) is 10.6 Å². The van der Waals surface area contributed by atoms with Gasteiger partial charge in [-0.05, 0) is 41.8 Å². The molecule has 0 saturated carbocycles. The maximum atomic E-state index is 12.7. The second kappa shape index (κ2) is 7.94. The number of halogens is 3. The zero-order valence-corrected chi connectivity index (χ0v) is 16.5. The lowest BCUT2D eigenvalue weighted by Gasteiger charge is -2.34. The molecule has 1 aromatic carbocycles. The van der Waals surface area contributed by atoms with Gasteiger partial charge in [0.15, 0.2) is 5.69 Å². The highest BCUT2D eigenvalue weighted by Crippen LogP contribution is 2.29. The molecule has 2 aromatic heterocycles. The van der Waals surface area contributed by atoms with E-state index in [-0.39, 0.29) is 17.4 Å². The third-order valence-corrected chi connectivity index (χ3v) is 5.80. The number of rotatable bonds is 3. The molecule has 1 aliphatic heterocycles. The van der Waals surface area contributed by atoms with Crippen LogP contribution in [0.2, 0.25) is 0 Å². The molecule has 0 unspecified atom stereocenters. The SMILES string of the molecule is O=C(c1ccc(C(F)(F)F)cc1)N1CCN(C(=O)c2cc(-c3cccs3)[nH]n2)CC1. The van der Waals surface area contributed by atoms with E-state index >= 15 is 0 Å². The topological polar surface area (TPSA) is 69.3 Å². The van der Waals surface area contributed by atoms with Crippen LogP contribution < -0.4 is 0 Å². The van der Waals surface area contributed by atoms with E-state index in [0.29, 0.717) is 31.9 Å². The highest BCUT2D eigenvalue weighted by molar-refractivity contribution is 7.13. The number of carbonyl (C=O) groups is 2. The number of nitrogens with zero attached hydrogens (tertiary/aromatic N) is 3. The second-order valence-corrected chi connectivity index (χ2v) is 7.75. The summed E-state index contributed by atoms with van der Waals surface area (Å²) in [6.07, 6.45) is -4.44. The summed E-state index contributed by atoms with van der Waals surface area (Å²) in [4.78, 5) is 29.4. The van der Waals surface area contributed by atoms with Crippen molar-refractivity contribution in [2.75, 3.05) is 26.2 Å². The molecule has 1 N–H and O–H groups in total. The highest BCUT2D eigenvalue weighted by Gasteiger charge is 2.31. The number of hydrogen-bond donors (Lipinski definition) is 1. The minimum Gasteiger partial charge on any atom is -0.335 e. The highest BCUT2D eigenvalue weighted by atomic mass is 32.1. The van der Waals surface area contributed by atoms with Gasteiger partial charge >= 0.3 is 6.18 Å². The molecule has 30 heavy (non-hydrogen) atoms. The smallest absolute Gasteiger partial charge is 0.335 e. The second-order valence-electron chi connectivity index (χ2n) is 6.80. The van der Waals surface area contributed by atoms with Crippen molar-refractivity contribution in [1.82, 2.24) is 20.0 Å². The van der Waals surface area contributed by atoms with Crippen molar-refractivity contribution in [3.63, 3.8) is 0 Å². The Bertz CT molecular complexity index is 1040. The largest absolute Gasteiger partial charge is 0.416 e. The van der Waals surface area contributed by atoms with Gasteiger partial charge < -0.3 is 9.80 Å². The number of thiophene rings is 1. The van der Waals surface area contributed by atoms with Gasteiger partial charge in [-0.3, -0.25) is 14.7 Å². The van der Waals surface area contributed by atoms with Crippen molar-refractivity contribution < 1.29 is 22.8 Å². The number of H-pyrrole nitrogens is 1. The Kier molecular flexibility index (Phi) is 5.33. The Morgan fingerprint density at radius 3 is 2.17 bits per heavy atom. The van der Waals surface area contributed by atoms with E-state index in [1.54, 1.807) is 11.0 Å². The van der Waals surface area contributed by atoms with Crippen LogP contribution in [-0.2, 0) is 6.18 Å². The standard InChI is InChI=1S/C20H17F3N4O2S/c21-20(22,23)14-5-3-13(4-6-14)18(28)26-7-9-27(10-8-26)19(29)16-12-15(24-25-16)17-2-1-11-30-17/h1-6,11-12H,7-10H2,(H,24,25). The van der Waals surface area contributed by atoms with Crippen LogP contribution in [0, 0.1) is 0 Å². The zero-order chi connectivity index (χ0) is 21.3. The zero-order valence-electron chi connectivity index (χ0n) is 15.6. The fourth-order valence-corrected chi connectivity index (χ4v) is 3.94. The van der Waals surface area contributed by atoms with E-state index in [2.05, 4.69) is 10.2 Å². The molecule has 0 aliphatic carbocycles. The molecule has 0 radical (unpaired) electrons. The van der Waals surface area contributed by atoms with E-state index in [4.69, 9.17) is 0 Å². The monoisotopic (exact) mass is 434 g/mol. The predicted octanol–water partition coefficient (Wildman–Crippen LogP) is 3.76. The molecule has 3 heterocycles. The van der Waals surface area contributed by atoms with Crippen LogP contribution in [0.5, 0.6) is 0 Å². The molecule has 1 aliphatic rings. The molecule has 2 amide bonds. The van der Waals surface area contributed by atoms with E-state index < -0.39 is 11.7 Å². The van der Waals surface area contributed by atoms with Crippen molar-refractivity contribution in [1.29, 1.82) is 0 Å². The van der Waals surface area contributed by atoms with Crippen molar-refractivity contribution >= 4 is 23.2 Å². The molecular weight excluding hydrogens is 417 g/mol. The first-order valence-corrected chi connectivity index (χ1v) is 10.1. The third-order valence-electron chi connectivity index (χ3n) is 4.90. The predicted molar refractivity (Wildman–Crippen MR) is 105 cm³/mol. The number of hydrogen-bond acceptors (Lipinski definition) is 4. The number of aromatic nitrogens is 2. The Labute approximate surface area is 173 Å².